The van der Waals surface area contributed by atoms with E-state index >= 15 is 0 Å². The van der Waals surface area contributed by atoms with Crippen LogP contribution in [0.4, 0.5) is 5.69 Å². The van der Waals surface area contributed by atoms with Crippen LogP contribution < -0.4 is 15.5 Å². The maximum atomic E-state index is 13.0. The van der Waals surface area contributed by atoms with E-state index < -0.39 is 0 Å². The smallest absolute Gasteiger partial charge is 0.274 e. The van der Waals surface area contributed by atoms with E-state index in [-0.39, 0.29) is 5.91 Å². The second-order valence-electron chi connectivity index (χ2n) is 7.40. The van der Waals surface area contributed by atoms with E-state index in [0.717, 1.165) is 43.1 Å². The number of anilines is 1. The van der Waals surface area contributed by atoms with Crippen LogP contribution in [0.15, 0.2) is 72.7 Å². The monoisotopic (exact) mass is 418 g/mol. The second-order valence-corrected chi connectivity index (χ2v) is 7.40. The Morgan fingerprint density at radius 3 is 2.71 bits per heavy atom. The van der Waals surface area contributed by atoms with E-state index in [4.69, 9.17) is 0 Å². The van der Waals surface area contributed by atoms with Gasteiger partial charge >= 0.3 is 0 Å². The van der Waals surface area contributed by atoms with Crippen molar-refractivity contribution in [2.45, 2.75) is 6.92 Å². The molecule has 0 bridgehead atoms. The first kappa shape index (κ1) is 22.2. The zero-order valence-electron chi connectivity index (χ0n) is 18.4. The van der Waals surface area contributed by atoms with Crippen molar-refractivity contribution in [2.24, 2.45) is 0 Å². The Hall–Kier alpha value is -3.45. The maximum absolute atomic E-state index is 13.0. The topological polar surface area (TPSA) is 73.4 Å². The first-order chi connectivity index (χ1) is 15.0. The molecule has 2 heterocycles. The number of nitrogens with one attached hydrogen (secondary N) is 2. The van der Waals surface area contributed by atoms with Gasteiger partial charge in [0.2, 0.25) is 0 Å². The second kappa shape index (κ2) is 10.5. The quantitative estimate of drug-likeness (QED) is 0.674. The van der Waals surface area contributed by atoms with E-state index in [0.29, 0.717) is 17.2 Å². The minimum Gasteiger partial charge on any atom is -0.378 e. The lowest BCUT2D eigenvalue weighted by Gasteiger charge is -2.31. The minimum atomic E-state index is -0.292. The number of hydrogen-bond donors (Lipinski definition) is 2. The first-order valence-electron chi connectivity index (χ1n) is 10.4. The molecule has 3 rings (SSSR count). The van der Waals surface area contributed by atoms with Crippen LogP contribution in [-0.2, 0) is 0 Å². The number of amides is 1. The third kappa shape index (κ3) is 5.58. The van der Waals surface area contributed by atoms with Gasteiger partial charge in [0.25, 0.3) is 5.91 Å². The van der Waals surface area contributed by atoms with Crippen molar-refractivity contribution in [1.82, 2.24) is 25.5 Å². The van der Waals surface area contributed by atoms with Crippen LogP contribution in [0.2, 0.25) is 0 Å². The molecule has 1 aliphatic rings. The molecule has 1 aromatic carbocycles. The molecule has 1 aromatic heterocycles. The summed E-state index contributed by atoms with van der Waals surface area (Å²) in [6.07, 6.45) is 7.26. The van der Waals surface area contributed by atoms with Gasteiger partial charge in [0.05, 0.1) is 11.4 Å². The summed E-state index contributed by atoms with van der Waals surface area (Å²) in [4.78, 5) is 26.1. The summed E-state index contributed by atoms with van der Waals surface area (Å²) in [5.74, 6) is 0.218. The maximum Gasteiger partial charge on any atom is 0.274 e. The average molecular weight is 419 g/mol. The van der Waals surface area contributed by atoms with Crippen LogP contribution in [0.3, 0.4) is 0 Å². The highest BCUT2D eigenvalue weighted by Gasteiger charge is 2.17. The van der Waals surface area contributed by atoms with Gasteiger partial charge in [0.1, 0.15) is 5.69 Å². The minimum absolute atomic E-state index is 0.292. The lowest BCUT2D eigenvalue weighted by molar-refractivity contribution is 0.0961. The van der Waals surface area contributed by atoms with E-state index in [1.54, 1.807) is 18.3 Å². The van der Waals surface area contributed by atoms with Gasteiger partial charge in [-0.2, -0.15) is 0 Å². The molecule has 0 spiro atoms. The van der Waals surface area contributed by atoms with Crippen molar-refractivity contribution in [2.75, 3.05) is 45.2 Å². The molecular weight excluding hydrogens is 388 g/mol. The molecule has 162 valence electrons. The van der Waals surface area contributed by atoms with Crippen molar-refractivity contribution in [1.29, 1.82) is 0 Å². The highest BCUT2D eigenvalue weighted by Crippen LogP contribution is 2.21. The fourth-order valence-corrected chi connectivity index (χ4v) is 3.38. The van der Waals surface area contributed by atoms with Crippen LogP contribution in [0.25, 0.3) is 11.4 Å². The Morgan fingerprint density at radius 2 is 2.03 bits per heavy atom. The zero-order chi connectivity index (χ0) is 22.2. The molecule has 1 aliphatic heterocycles. The summed E-state index contributed by atoms with van der Waals surface area (Å²) < 4.78 is 0. The number of allylic oxidation sites excluding steroid dienone is 3. The highest BCUT2D eigenvalue weighted by atomic mass is 16.1. The predicted octanol–water partition coefficient (Wildman–Crippen LogP) is 2.82. The average Bonchev–Trinajstić information content (AvgIpc) is 2.82. The van der Waals surface area contributed by atoms with Crippen molar-refractivity contribution in [3.8, 4) is 11.4 Å². The number of rotatable bonds is 7. The number of carbonyl (C=O) groups is 1. The molecule has 1 saturated heterocycles. The highest BCUT2D eigenvalue weighted by molar-refractivity contribution is 5.94. The summed E-state index contributed by atoms with van der Waals surface area (Å²) in [7, 11) is 3.96. The molecule has 1 amide bonds. The third-order valence-electron chi connectivity index (χ3n) is 5.02. The Bertz CT molecular complexity index is 989. The molecule has 0 saturated carbocycles. The van der Waals surface area contributed by atoms with Crippen molar-refractivity contribution < 1.29 is 4.79 Å². The normalized spacial score (nSPS) is 14.9. The van der Waals surface area contributed by atoms with Crippen molar-refractivity contribution in [3.05, 3.63) is 78.4 Å². The molecule has 7 nitrogen and oxygen atoms in total. The van der Waals surface area contributed by atoms with Gasteiger partial charge in [-0.15, -0.1) is 0 Å². The van der Waals surface area contributed by atoms with Crippen LogP contribution in [-0.4, -0.2) is 61.0 Å². The van der Waals surface area contributed by atoms with Gasteiger partial charge in [-0.05, 0) is 37.3 Å². The first-order valence-corrected chi connectivity index (χ1v) is 10.4. The van der Waals surface area contributed by atoms with Crippen LogP contribution in [0, 0.1) is 0 Å². The number of aromatic nitrogens is 2. The van der Waals surface area contributed by atoms with E-state index in [1.807, 2.05) is 62.3 Å². The number of carbonyl (C=O) groups excluding carboxylic acids is 1. The Morgan fingerprint density at radius 1 is 1.26 bits per heavy atom. The number of piperazine rings is 1. The standard InChI is InChI=1S/C24H30N6O/c1-5-8-22(30-15-13-25-14-16-30)20(6-2)28-24(31)21-11-12-26-23(27-21)18-9-7-10-19(17-18)29(3)4/h5-12,17,25H,2,13-16H2,1,3-4H3,(H,28,31)/b8-5-,22-20-. The van der Waals surface area contributed by atoms with Gasteiger partial charge in [-0.1, -0.05) is 24.8 Å². The van der Waals surface area contributed by atoms with E-state index in [9.17, 15) is 4.79 Å². The summed E-state index contributed by atoms with van der Waals surface area (Å²) in [6, 6.07) is 9.53. The van der Waals surface area contributed by atoms with Gasteiger partial charge < -0.3 is 20.4 Å². The summed E-state index contributed by atoms with van der Waals surface area (Å²) in [5.41, 5.74) is 3.82. The molecule has 31 heavy (non-hydrogen) atoms. The van der Waals surface area contributed by atoms with E-state index in [1.165, 1.54) is 0 Å². The van der Waals surface area contributed by atoms with Crippen LogP contribution >= 0.6 is 0 Å². The molecule has 0 aliphatic carbocycles. The molecule has 2 aromatic rings. The summed E-state index contributed by atoms with van der Waals surface area (Å²) in [5, 5.41) is 6.33. The fraction of sp³-hybridized carbons (Fsp3) is 0.292. The largest absolute Gasteiger partial charge is 0.378 e. The predicted molar refractivity (Wildman–Crippen MR) is 126 cm³/mol. The number of hydrogen-bond acceptors (Lipinski definition) is 6. The fourth-order valence-electron chi connectivity index (χ4n) is 3.38. The molecule has 2 N–H and O–H groups in total. The Kier molecular flexibility index (Phi) is 7.56. The zero-order valence-corrected chi connectivity index (χ0v) is 18.4. The molecular formula is C24H30N6O. The molecule has 1 fully saturated rings. The van der Waals surface area contributed by atoms with Gasteiger partial charge in [-0.25, -0.2) is 9.97 Å². The third-order valence-corrected chi connectivity index (χ3v) is 5.02. The Balaban J connectivity index is 1.87. The van der Waals surface area contributed by atoms with Crippen molar-refractivity contribution >= 4 is 11.6 Å². The summed E-state index contributed by atoms with van der Waals surface area (Å²) in [6.45, 7) is 9.42. The van der Waals surface area contributed by atoms with Gasteiger partial charge in [0.15, 0.2) is 5.82 Å². The number of benzene rings is 1. The molecule has 7 heteroatoms. The lowest BCUT2D eigenvalue weighted by Crippen LogP contribution is -2.43. The Labute approximate surface area is 184 Å². The SMILES string of the molecule is C=C/C(NC(=O)c1ccnc(-c2cccc(N(C)C)c2)n1)=C(\C=C/C)N1CCNCC1. The summed E-state index contributed by atoms with van der Waals surface area (Å²) >= 11 is 0. The lowest BCUT2D eigenvalue weighted by atomic mass is 10.1. The van der Waals surface area contributed by atoms with Gasteiger partial charge in [0, 0.05) is 57.7 Å². The number of nitrogens with zero attached hydrogens (tertiary/aromatic N) is 4. The molecule has 0 unspecified atom stereocenters. The molecule has 0 atom stereocenters. The van der Waals surface area contributed by atoms with Gasteiger partial charge in [-0.3, -0.25) is 4.79 Å². The van der Waals surface area contributed by atoms with E-state index in [2.05, 4.69) is 32.1 Å². The van der Waals surface area contributed by atoms with Crippen molar-refractivity contribution in [3.63, 3.8) is 0 Å². The van der Waals surface area contributed by atoms with Crippen LogP contribution in [0.5, 0.6) is 0 Å². The molecule has 0 radical (unpaired) electrons. The van der Waals surface area contributed by atoms with Crippen LogP contribution in [0.1, 0.15) is 17.4 Å².